The number of hydrogen-bond acceptors (Lipinski definition) is 3. The maximum Gasteiger partial charge on any atom is 0.225 e. The van der Waals surface area contributed by atoms with E-state index in [2.05, 4.69) is 5.32 Å². The molecule has 1 heterocycles. The molecular formula is C12H21NO3. The van der Waals surface area contributed by atoms with Crippen LogP contribution >= 0.6 is 0 Å². The average molecular weight is 227 g/mol. The highest BCUT2D eigenvalue weighted by Crippen LogP contribution is 2.27. The molecule has 2 aliphatic rings. The number of nitrogens with one attached hydrogen (secondary N) is 1. The predicted molar refractivity (Wildman–Crippen MR) is 59.9 cm³/mol. The largest absolute Gasteiger partial charge is 0.391 e. The summed E-state index contributed by atoms with van der Waals surface area (Å²) < 4.78 is 5.16. The van der Waals surface area contributed by atoms with E-state index in [1.807, 2.05) is 0 Å². The lowest BCUT2D eigenvalue weighted by atomic mass is 10.0. The zero-order valence-corrected chi connectivity index (χ0v) is 9.65. The summed E-state index contributed by atoms with van der Waals surface area (Å²) in [5.41, 5.74) is 0. The third-order valence-electron chi connectivity index (χ3n) is 3.73. The highest BCUT2D eigenvalue weighted by atomic mass is 16.5. The maximum absolute atomic E-state index is 11.7. The third-order valence-corrected chi connectivity index (χ3v) is 3.73. The molecule has 1 saturated heterocycles. The second-order valence-corrected chi connectivity index (χ2v) is 4.92. The molecule has 0 bridgehead atoms. The molecule has 1 aliphatic heterocycles. The van der Waals surface area contributed by atoms with Crippen LogP contribution in [-0.2, 0) is 9.53 Å². The molecule has 0 radical (unpaired) electrons. The minimum absolute atomic E-state index is 0.00391. The molecule has 16 heavy (non-hydrogen) atoms. The first kappa shape index (κ1) is 11.9. The predicted octanol–water partition coefficient (Wildman–Crippen LogP) is 0.690. The van der Waals surface area contributed by atoms with Crippen LogP contribution in [0.4, 0.5) is 0 Å². The highest BCUT2D eigenvalue weighted by Gasteiger charge is 2.26. The van der Waals surface area contributed by atoms with Gasteiger partial charge < -0.3 is 15.2 Å². The fourth-order valence-corrected chi connectivity index (χ4v) is 2.60. The molecule has 0 aromatic heterocycles. The number of amides is 1. The van der Waals surface area contributed by atoms with Gasteiger partial charge in [0.15, 0.2) is 0 Å². The van der Waals surface area contributed by atoms with Crippen molar-refractivity contribution in [2.24, 2.45) is 11.8 Å². The standard InChI is InChI=1S/C12H21NO3/c14-11(9-3-1-2-4-9)7-13-12(15)10-5-6-16-8-10/h9-11,14H,1-8H2,(H,13,15). The van der Waals surface area contributed by atoms with Gasteiger partial charge in [-0.25, -0.2) is 0 Å². The van der Waals surface area contributed by atoms with Crippen LogP contribution in [0.15, 0.2) is 0 Å². The van der Waals surface area contributed by atoms with Gasteiger partial charge in [0.05, 0.1) is 18.6 Å². The fourth-order valence-electron chi connectivity index (χ4n) is 2.60. The van der Waals surface area contributed by atoms with Gasteiger partial charge in [-0.2, -0.15) is 0 Å². The summed E-state index contributed by atoms with van der Waals surface area (Å²) in [5.74, 6) is 0.422. The Hall–Kier alpha value is -0.610. The molecule has 4 nitrogen and oxygen atoms in total. The van der Waals surface area contributed by atoms with Crippen LogP contribution in [0, 0.1) is 11.8 Å². The first-order valence-corrected chi connectivity index (χ1v) is 6.31. The Balaban J connectivity index is 1.67. The van der Waals surface area contributed by atoms with E-state index in [0.29, 0.717) is 25.7 Å². The molecule has 1 amide bonds. The van der Waals surface area contributed by atoms with E-state index >= 15 is 0 Å². The number of rotatable bonds is 4. The van der Waals surface area contributed by atoms with Crippen LogP contribution in [0.1, 0.15) is 32.1 Å². The molecule has 0 aromatic rings. The van der Waals surface area contributed by atoms with Crippen LogP contribution in [0.3, 0.4) is 0 Å². The number of ether oxygens (including phenoxy) is 1. The van der Waals surface area contributed by atoms with Crippen LogP contribution in [0.25, 0.3) is 0 Å². The lowest BCUT2D eigenvalue weighted by Gasteiger charge is -2.19. The molecule has 1 saturated carbocycles. The summed E-state index contributed by atoms with van der Waals surface area (Å²) in [4.78, 5) is 11.7. The van der Waals surface area contributed by atoms with Gasteiger partial charge in [0.25, 0.3) is 0 Å². The van der Waals surface area contributed by atoms with Crippen molar-refractivity contribution in [3.8, 4) is 0 Å². The van der Waals surface area contributed by atoms with Crippen LogP contribution in [0.2, 0.25) is 0 Å². The Labute approximate surface area is 96.4 Å². The number of aliphatic hydroxyl groups excluding tert-OH is 1. The molecular weight excluding hydrogens is 206 g/mol. The van der Waals surface area contributed by atoms with Gasteiger partial charge in [0, 0.05) is 13.2 Å². The van der Waals surface area contributed by atoms with Crippen molar-refractivity contribution >= 4 is 5.91 Å². The first-order valence-electron chi connectivity index (χ1n) is 6.31. The summed E-state index contributed by atoms with van der Waals surface area (Å²) in [6.45, 7) is 1.62. The molecule has 92 valence electrons. The maximum atomic E-state index is 11.7. The molecule has 0 aromatic carbocycles. The van der Waals surface area contributed by atoms with Crippen molar-refractivity contribution in [3.05, 3.63) is 0 Å². The van der Waals surface area contributed by atoms with Crippen LogP contribution < -0.4 is 5.32 Å². The zero-order valence-electron chi connectivity index (χ0n) is 9.65. The van der Waals surface area contributed by atoms with Crippen molar-refractivity contribution in [1.29, 1.82) is 0 Å². The van der Waals surface area contributed by atoms with E-state index in [-0.39, 0.29) is 17.9 Å². The Morgan fingerprint density at radius 1 is 1.38 bits per heavy atom. The number of hydrogen-bond donors (Lipinski definition) is 2. The Morgan fingerprint density at radius 3 is 2.75 bits per heavy atom. The van der Waals surface area contributed by atoms with Crippen molar-refractivity contribution in [2.75, 3.05) is 19.8 Å². The smallest absolute Gasteiger partial charge is 0.225 e. The van der Waals surface area contributed by atoms with Crippen LogP contribution in [0.5, 0.6) is 0 Å². The summed E-state index contributed by atoms with van der Waals surface area (Å²) in [7, 11) is 0. The molecule has 1 aliphatic carbocycles. The number of aliphatic hydroxyl groups is 1. The average Bonchev–Trinajstić information content (AvgIpc) is 2.95. The molecule has 4 heteroatoms. The zero-order chi connectivity index (χ0) is 11.4. The van der Waals surface area contributed by atoms with E-state index < -0.39 is 0 Å². The number of carbonyl (C=O) groups is 1. The van der Waals surface area contributed by atoms with Gasteiger partial charge in [0.2, 0.25) is 5.91 Å². The first-order chi connectivity index (χ1) is 7.77. The Kier molecular flexibility index (Phi) is 4.18. The molecule has 2 atom stereocenters. The molecule has 0 spiro atoms. The minimum atomic E-state index is -0.367. The Morgan fingerprint density at radius 2 is 2.12 bits per heavy atom. The van der Waals surface area contributed by atoms with E-state index in [0.717, 1.165) is 19.3 Å². The van der Waals surface area contributed by atoms with E-state index in [4.69, 9.17) is 4.74 Å². The second-order valence-electron chi connectivity index (χ2n) is 4.92. The molecule has 2 unspecified atom stereocenters. The van der Waals surface area contributed by atoms with Gasteiger partial charge in [-0.1, -0.05) is 12.8 Å². The molecule has 2 rings (SSSR count). The van der Waals surface area contributed by atoms with Gasteiger partial charge in [-0.15, -0.1) is 0 Å². The topological polar surface area (TPSA) is 58.6 Å². The molecule has 2 fully saturated rings. The van der Waals surface area contributed by atoms with Crippen molar-refractivity contribution in [1.82, 2.24) is 5.32 Å². The third kappa shape index (κ3) is 2.95. The van der Waals surface area contributed by atoms with E-state index in [1.54, 1.807) is 0 Å². The van der Waals surface area contributed by atoms with E-state index in [9.17, 15) is 9.90 Å². The SMILES string of the molecule is O=C(NCC(O)C1CCCC1)C1CCOC1. The fraction of sp³-hybridized carbons (Fsp3) is 0.917. The van der Waals surface area contributed by atoms with Gasteiger partial charge in [-0.3, -0.25) is 4.79 Å². The summed E-state index contributed by atoms with van der Waals surface area (Å²) in [6.07, 6.45) is 5.07. The van der Waals surface area contributed by atoms with Gasteiger partial charge in [-0.05, 0) is 25.2 Å². The Bertz CT molecular complexity index is 232. The van der Waals surface area contributed by atoms with Crippen molar-refractivity contribution < 1.29 is 14.6 Å². The monoisotopic (exact) mass is 227 g/mol. The lowest BCUT2D eigenvalue weighted by Crippen LogP contribution is -2.38. The number of carbonyl (C=O) groups excluding carboxylic acids is 1. The second kappa shape index (κ2) is 5.64. The minimum Gasteiger partial charge on any atom is -0.391 e. The summed E-state index contributed by atoms with van der Waals surface area (Å²) in [6, 6.07) is 0. The van der Waals surface area contributed by atoms with E-state index in [1.165, 1.54) is 12.8 Å². The summed E-state index contributed by atoms with van der Waals surface area (Å²) >= 11 is 0. The van der Waals surface area contributed by atoms with Crippen LogP contribution in [-0.4, -0.2) is 36.9 Å². The quantitative estimate of drug-likeness (QED) is 0.743. The van der Waals surface area contributed by atoms with Crippen molar-refractivity contribution in [2.45, 2.75) is 38.2 Å². The van der Waals surface area contributed by atoms with Gasteiger partial charge >= 0.3 is 0 Å². The normalized spacial score (nSPS) is 28.2. The summed E-state index contributed by atoms with van der Waals surface area (Å²) in [5, 5.41) is 12.7. The van der Waals surface area contributed by atoms with Crippen molar-refractivity contribution in [3.63, 3.8) is 0 Å². The molecule has 2 N–H and O–H groups in total. The van der Waals surface area contributed by atoms with Gasteiger partial charge in [0.1, 0.15) is 0 Å². The highest BCUT2D eigenvalue weighted by molar-refractivity contribution is 5.78. The lowest BCUT2D eigenvalue weighted by molar-refractivity contribution is -0.125.